The SMILES string of the molecule is C=C1N(C)c2ccc(Cn3cnc(-c4cc(Cl)ccc4Cl)c3C3CC3)cc2N1C. The summed E-state index contributed by atoms with van der Waals surface area (Å²) in [5.74, 6) is 1.52. The molecule has 4 nitrogen and oxygen atoms in total. The van der Waals surface area contributed by atoms with E-state index in [1.165, 1.54) is 35.5 Å². The van der Waals surface area contributed by atoms with Crippen molar-refractivity contribution in [1.82, 2.24) is 9.55 Å². The van der Waals surface area contributed by atoms with Crippen molar-refractivity contribution in [2.45, 2.75) is 25.3 Å². The van der Waals surface area contributed by atoms with Crippen molar-refractivity contribution < 1.29 is 0 Å². The number of fused-ring (bicyclic) bond motifs is 1. The molecule has 0 amide bonds. The number of benzene rings is 2. The van der Waals surface area contributed by atoms with Gasteiger partial charge in [-0.25, -0.2) is 4.98 Å². The van der Waals surface area contributed by atoms with Crippen LogP contribution in [0.2, 0.25) is 10.0 Å². The molecule has 2 aromatic carbocycles. The summed E-state index contributed by atoms with van der Waals surface area (Å²) < 4.78 is 2.26. The third-order valence-electron chi connectivity index (χ3n) is 5.92. The monoisotopic (exact) mass is 424 g/mol. The van der Waals surface area contributed by atoms with Gasteiger partial charge in [-0.1, -0.05) is 35.8 Å². The highest BCUT2D eigenvalue weighted by Gasteiger charge is 2.32. The largest absolute Gasteiger partial charge is 0.330 e. The maximum Gasteiger partial charge on any atom is 0.105 e. The molecule has 2 heterocycles. The van der Waals surface area contributed by atoms with Crippen LogP contribution < -0.4 is 9.80 Å². The Labute approximate surface area is 181 Å². The molecule has 2 aliphatic rings. The number of nitrogens with zero attached hydrogens (tertiary/aromatic N) is 4. The molecule has 148 valence electrons. The number of hydrogen-bond acceptors (Lipinski definition) is 3. The number of rotatable bonds is 4. The molecule has 0 spiro atoms. The lowest BCUT2D eigenvalue weighted by Gasteiger charge is -2.15. The van der Waals surface area contributed by atoms with Gasteiger partial charge in [0.15, 0.2) is 0 Å². The van der Waals surface area contributed by atoms with Crippen LogP contribution in [0.5, 0.6) is 0 Å². The molecule has 1 aliphatic carbocycles. The molecule has 3 aromatic rings. The maximum absolute atomic E-state index is 6.48. The molecular formula is C23H22Cl2N4. The fourth-order valence-electron chi connectivity index (χ4n) is 4.11. The Bertz CT molecular complexity index is 1130. The van der Waals surface area contributed by atoms with Crippen LogP contribution in [-0.4, -0.2) is 23.6 Å². The second-order valence-electron chi connectivity index (χ2n) is 7.86. The lowest BCUT2D eigenvalue weighted by molar-refractivity contribution is 0.743. The van der Waals surface area contributed by atoms with Gasteiger partial charge in [-0.15, -0.1) is 0 Å². The summed E-state index contributed by atoms with van der Waals surface area (Å²) >= 11 is 12.7. The molecule has 0 saturated heterocycles. The lowest BCUT2D eigenvalue weighted by Crippen LogP contribution is -2.20. The highest BCUT2D eigenvalue weighted by atomic mass is 35.5. The van der Waals surface area contributed by atoms with E-state index < -0.39 is 0 Å². The van der Waals surface area contributed by atoms with E-state index in [1.54, 1.807) is 0 Å². The number of anilines is 2. The van der Waals surface area contributed by atoms with Gasteiger partial charge in [0.05, 0.1) is 28.4 Å². The predicted molar refractivity (Wildman–Crippen MR) is 121 cm³/mol. The zero-order valence-electron chi connectivity index (χ0n) is 16.5. The summed E-state index contributed by atoms with van der Waals surface area (Å²) in [6.07, 6.45) is 4.31. The fraction of sp³-hybridized carbons (Fsp3) is 0.261. The van der Waals surface area contributed by atoms with Crippen molar-refractivity contribution in [3.8, 4) is 11.3 Å². The average molecular weight is 425 g/mol. The predicted octanol–water partition coefficient (Wildman–Crippen LogP) is 6.14. The Kier molecular flexibility index (Phi) is 4.37. The van der Waals surface area contributed by atoms with E-state index in [9.17, 15) is 0 Å². The fourth-order valence-corrected chi connectivity index (χ4v) is 4.49. The first kappa shape index (κ1) is 18.6. The zero-order valence-corrected chi connectivity index (χ0v) is 18.0. The van der Waals surface area contributed by atoms with E-state index in [-0.39, 0.29) is 0 Å². The van der Waals surface area contributed by atoms with E-state index in [0.29, 0.717) is 16.0 Å². The van der Waals surface area contributed by atoms with Gasteiger partial charge in [-0.05, 0) is 48.7 Å². The summed E-state index contributed by atoms with van der Waals surface area (Å²) in [6.45, 7) is 4.93. The van der Waals surface area contributed by atoms with E-state index in [4.69, 9.17) is 28.2 Å². The van der Waals surface area contributed by atoms with E-state index in [1.807, 2.05) is 31.6 Å². The van der Waals surface area contributed by atoms with Crippen LogP contribution in [0.25, 0.3) is 11.3 Å². The summed E-state index contributed by atoms with van der Waals surface area (Å²) in [4.78, 5) is 8.99. The lowest BCUT2D eigenvalue weighted by atomic mass is 10.1. The van der Waals surface area contributed by atoms with Gasteiger partial charge in [0.25, 0.3) is 0 Å². The first-order valence-corrected chi connectivity index (χ1v) is 10.5. The van der Waals surface area contributed by atoms with Gasteiger partial charge in [-0.3, -0.25) is 0 Å². The van der Waals surface area contributed by atoms with Crippen molar-refractivity contribution >= 4 is 34.6 Å². The number of halogens is 2. The van der Waals surface area contributed by atoms with Gasteiger partial charge in [0.2, 0.25) is 0 Å². The van der Waals surface area contributed by atoms with Crippen LogP contribution >= 0.6 is 23.2 Å². The first-order valence-electron chi connectivity index (χ1n) is 9.74. The van der Waals surface area contributed by atoms with Crippen molar-refractivity contribution in [1.29, 1.82) is 0 Å². The zero-order chi connectivity index (χ0) is 20.3. The van der Waals surface area contributed by atoms with Crippen LogP contribution in [0.3, 0.4) is 0 Å². The maximum atomic E-state index is 6.48. The van der Waals surface area contributed by atoms with Crippen LogP contribution in [0, 0.1) is 0 Å². The van der Waals surface area contributed by atoms with Crippen molar-refractivity contribution in [2.75, 3.05) is 23.9 Å². The summed E-state index contributed by atoms with van der Waals surface area (Å²) in [6, 6.07) is 12.2. The highest BCUT2D eigenvalue weighted by Crippen LogP contribution is 2.46. The molecule has 0 N–H and O–H groups in total. The number of hydrogen-bond donors (Lipinski definition) is 0. The standard InChI is InChI=1S/C23H22Cl2N4/c1-14-27(2)20-9-4-15(10-21(20)28(14)3)12-29-13-26-22(23(29)16-5-6-16)18-11-17(24)7-8-19(18)25/h4,7-11,13,16H,1,5-6,12H2,2-3H3. The molecule has 1 fully saturated rings. The topological polar surface area (TPSA) is 24.3 Å². The van der Waals surface area contributed by atoms with Crippen molar-refractivity contribution in [3.63, 3.8) is 0 Å². The molecule has 0 bridgehead atoms. The van der Waals surface area contributed by atoms with Crippen LogP contribution in [-0.2, 0) is 6.54 Å². The molecule has 1 aromatic heterocycles. The van der Waals surface area contributed by atoms with Gasteiger partial charge in [0.1, 0.15) is 5.82 Å². The van der Waals surface area contributed by atoms with Crippen LogP contribution in [0.4, 0.5) is 11.4 Å². The van der Waals surface area contributed by atoms with Gasteiger partial charge >= 0.3 is 0 Å². The quantitative estimate of drug-likeness (QED) is 0.502. The Morgan fingerprint density at radius 1 is 1.03 bits per heavy atom. The normalized spacial score (nSPS) is 15.9. The summed E-state index contributed by atoms with van der Waals surface area (Å²) in [5, 5.41) is 1.36. The second kappa shape index (κ2) is 6.82. The smallest absolute Gasteiger partial charge is 0.105 e. The minimum Gasteiger partial charge on any atom is -0.330 e. The summed E-state index contributed by atoms with van der Waals surface area (Å²) in [7, 11) is 4.10. The highest BCUT2D eigenvalue weighted by molar-refractivity contribution is 6.35. The number of aromatic nitrogens is 2. The molecule has 29 heavy (non-hydrogen) atoms. The molecule has 0 unspecified atom stereocenters. The van der Waals surface area contributed by atoms with E-state index in [2.05, 4.69) is 46.2 Å². The van der Waals surface area contributed by atoms with E-state index >= 15 is 0 Å². The Morgan fingerprint density at radius 3 is 2.55 bits per heavy atom. The molecular weight excluding hydrogens is 403 g/mol. The van der Waals surface area contributed by atoms with Gasteiger partial charge in [0, 0.05) is 42.8 Å². The second-order valence-corrected chi connectivity index (χ2v) is 8.71. The molecule has 5 rings (SSSR count). The van der Waals surface area contributed by atoms with Crippen molar-refractivity contribution in [3.05, 3.63) is 76.4 Å². The molecule has 6 heteroatoms. The minimum atomic E-state index is 0.533. The first-order chi connectivity index (χ1) is 13.9. The molecule has 1 saturated carbocycles. The third-order valence-corrected chi connectivity index (χ3v) is 6.48. The Balaban J connectivity index is 1.53. The Hall–Kier alpha value is -2.43. The van der Waals surface area contributed by atoms with Crippen LogP contribution in [0.1, 0.15) is 30.0 Å². The number of imidazole rings is 1. The molecule has 0 radical (unpaired) electrons. The molecule has 0 atom stereocenters. The van der Waals surface area contributed by atoms with Crippen molar-refractivity contribution in [2.24, 2.45) is 0 Å². The molecule has 1 aliphatic heterocycles. The summed E-state index contributed by atoms with van der Waals surface area (Å²) in [5.41, 5.74) is 6.71. The van der Waals surface area contributed by atoms with Gasteiger partial charge in [-0.2, -0.15) is 0 Å². The van der Waals surface area contributed by atoms with Crippen LogP contribution in [0.15, 0.2) is 55.1 Å². The van der Waals surface area contributed by atoms with E-state index in [0.717, 1.165) is 23.6 Å². The average Bonchev–Trinajstić information content (AvgIpc) is 3.44. The minimum absolute atomic E-state index is 0.533. The Morgan fingerprint density at radius 2 is 1.79 bits per heavy atom. The third kappa shape index (κ3) is 3.11. The van der Waals surface area contributed by atoms with Gasteiger partial charge < -0.3 is 14.4 Å².